The monoisotopic (exact) mass is 530 g/mol. The zero-order chi connectivity index (χ0) is 36.2. The number of hydrogen-bond donors (Lipinski definition) is 4. The first-order valence-electron chi connectivity index (χ1n) is 17.0. The van der Waals surface area contributed by atoms with Crippen molar-refractivity contribution in [2.75, 3.05) is 24.3 Å². The summed E-state index contributed by atoms with van der Waals surface area (Å²) in [6.45, 7) is 1.37. The number of nitrogens with one attached hydrogen (secondary N) is 1. The summed E-state index contributed by atoms with van der Waals surface area (Å²) in [6, 6.07) is -8.21. The maximum atomic E-state index is 14.8. The molecule has 0 unspecified atom stereocenters. The van der Waals surface area contributed by atoms with Crippen LogP contribution in [0.3, 0.4) is 0 Å². The van der Waals surface area contributed by atoms with E-state index in [0.717, 1.165) is 11.8 Å². The standard InChI is InChI=1S/C24H31FN6O4S/c1-3-8-36-24-27-22(26-16-10-14(16)13-5-4-12(2)15(25)9-13)19-23(28-24)31(30-29-19)17-11-18(35-7-6-32)21(34)20(17)33/h4-5,9,14,16-18,20-21,32-34H,3,6-8,10-11H2,1-2H3,(H,26,27,28)/t14-,16+,17+,18-,20-,21+/m0/s1/i4D,5D,9D,10D2,11D2,16D,17D,18D,20D,21D. The van der Waals surface area contributed by atoms with Crippen molar-refractivity contribution in [1.82, 2.24) is 25.0 Å². The third-order valence-corrected chi connectivity index (χ3v) is 6.22. The highest BCUT2D eigenvalue weighted by atomic mass is 32.2. The van der Waals surface area contributed by atoms with E-state index < -0.39 is 109 Å². The third kappa shape index (κ3) is 4.92. The van der Waals surface area contributed by atoms with Crippen molar-refractivity contribution in [2.45, 2.75) is 74.4 Å². The summed E-state index contributed by atoms with van der Waals surface area (Å²) in [5.74, 6) is -2.91. The fraction of sp³-hybridized carbons (Fsp3) is 0.583. The van der Waals surface area contributed by atoms with E-state index in [0.29, 0.717) is 12.2 Å². The predicted molar refractivity (Wildman–Crippen MR) is 133 cm³/mol. The van der Waals surface area contributed by atoms with Crippen molar-refractivity contribution in [3.63, 3.8) is 0 Å². The molecule has 2 heterocycles. The molecule has 0 bridgehead atoms. The zero-order valence-corrected chi connectivity index (χ0v) is 20.0. The molecule has 1 aromatic carbocycles. The maximum absolute atomic E-state index is 14.8. The van der Waals surface area contributed by atoms with Gasteiger partial charge in [0.15, 0.2) is 22.1 Å². The average Bonchev–Trinajstić information content (AvgIpc) is 3.26. The lowest BCUT2D eigenvalue weighted by Gasteiger charge is -2.17. The molecular formula is C24H31FN6O4S. The fourth-order valence-electron chi connectivity index (χ4n) is 3.31. The lowest BCUT2D eigenvalue weighted by Crippen LogP contribution is -2.33. The van der Waals surface area contributed by atoms with Crippen LogP contribution in [-0.4, -0.2) is 83.5 Å². The predicted octanol–water partition coefficient (Wildman–Crippen LogP) is 2.18. The van der Waals surface area contributed by atoms with Crippen LogP contribution in [0.5, 0.6) is 0 Å². The first kappa shape index (κ1) is 14.5. The topological polar surface area (TPSA) is 138 Å². The number of halogens is 1. The van der Waals surface area contributed by atoms with Crippen LogP contribution in [0, 0.1) is 12.7 Å². The number of rotatable bonds is 10. The van der Waals surface area contributed by atoms with Gasteiger partial charge in [-0.15, -0.1) is 5.10 Å². The Hall–Kier alpha value is -2.38. The van der Waals surface area contributed by atoms with Crippen LogP contribution in [0.2, 0.25) is 0 Å². The van der Waals surface area contributed by atoms with Crippen molar-refractivity contribution >= 4 is 28.7 Å². The van der Waals surface area contributed by atoms with Crippen LogP contribution in [0.25, 0.3) is 11.2 Å². The number of aliphatic hydroxyl groups is 3. The molecule has 0 spiro atoms. The highest BCUT2D eigenvalue weighted by molar-refractivity contribution is 7.99. The van der Waals surface area contributed by atoms with Crippen LogP contribution in [0.4, 0.5) is 10.2 Å². The van der Waals surface area contributed by atoms with Crippen molar-refractivity contribution in [3.05, 3.63) is 35.1 Å². The number of hydrogen-bond acceptors (Lipinski definition) is 10. The van der Waals surface area contributed by atoms with E-state index >= 15 is 0 Å². The van der Waals surface area contributed by atoms with E-state index in [-0.39, 0.29) is 15.4 Å². The van der Waals surface area contributed by atoms with Crippen molar-refractivity contribution in [1.29, 1.82) is 0 Å². The van der Waals surface area contributed by atoms with Crippen molar-refractivity contribution < 1.29 is 40.9 Å². The van der Waals surface area contributed by atoms with Gasteiger partial charge in [-0.3, -0.25) is 0 Å². The molecule has 0 radical (unpaired) electrons. The summed E-state index contributed by atoms with van der Waals surface area (Å²) in [5.41, 5.74) is -1.94. The maximum Gasteiger partial charge on any atom is 0.191 e. The number of fused-ring (bicyclic) bond motifs is 1. The molecule has 4 N–H and O–H groups in total. The molecule has 0 aliphatic heterocycles. The summed E-state index contributed by atoms with van der Waals surface area (Å²) in [5, 5.41) is 41.3. The molecular weight excluding hydrogens is 487 g/mol. The average molecular weight is 531 g/mol. The molecule has 6 atom stereocenters. The molecule has 10 nitrogen and oxygen atoms in total. The van der Waals surface area contributed by atoms with Gasteiger partial charge in [0.2, 0.25) is 0 Å². The molecule has 5 rings (SSSR count). The first-order valence-corrected chi connectivity index (χ1v) is 12.0. The quantitative estimate of drug-likeness (QED) is 0.228. The lowest BCUT2D eigenvalue weighted by atomic mass is 10.1. The lowest BCUT2D eigenvalue weighted by molar-refractivity contribution is -0.0629. The number of aliphatic hydroxyl groups excluding tert-OH is 1. The Morgan fingerprint density at radius 1 is 1.33 bits per heavy atom. The summed E-state index contributed by atoms with van der Waals surface area (Å²) in [7, 11) is 0. The zero-order valence-electron chi connectivity index (χ0n) is 31.2. The molecule has 2 aliphatic rings. The molecule has 194 valence electrons. The highest BCUT2D eigenvalue weighted by Gasteiger charge is 2.45. The smallest absolute Gasteiger partial charge is 0.191 e. The molecule has 0 amide bonds. The number of aromatic nitrogens is 5. The largest absolute Gasteiger partial charge is 0.394 e. The molecule has 2 aromatic heterocycles. The Balaban J connectivity index is 1.71. The summed E-state index contributed by atoms with van der Waals surface area (Å²) in [6.07, 6.45) is -17.1. The molecule has 36 heavy (non-hydrogen) atoms. The van der Waals surface area contributed by atoms with Gasteiger partial charge < -0.3 is 25.4 Å². The molecule has 2 fully saturated rings. The molecule has 0 saturated heterocycles. The number of thioether (sulfide) groups is 1. The SMILES string of the molecule is [2H]c1c([2H])c([C@@H]2C([2H])([2H])[C@@]2([2H])Nc2nc(SCCC)nc3c2nnn3[C@]2([2H])C([2H])([2H])[C@]([2H])(OCCO)[C@@]([2H])(O)[C@@]2([2H])O)c([2H])c(F)c1C. The first-order chi connectivity index (χ1) is 22.0. The van der Waals surface area contributed by atoms with Crippen LogP contribution in [-0.2, 0) is 4.74 Å². The van der Waals surface area contributed by atoms with E-state index in [1.807, 2.05) is 6.92 Å². The second kappa shape index (κ2) is 10.5. The van der Waals surface area contributed by atoms with Gasteiger partial charge in [0.25, 0.3) is 0 Å². The van der Waals surface area contributed by atoms with Gasteiger partial charge in [-0.1, -0.05) is 36.0 Å². The molecule has 2 saturated carbocycles. The van der Waals surface area contributed by atoms with E-state index in [4.69, 9.17) is 21.2 Å². The van der Waals surface area contributed by atoms with Crippen LogP contribution in [0.1, 0.15) is 65.6 Å². The molecule has 3 aromatic rings. The van der Waals surface area contributed by atoms with Gasteiger partial charge in [0.1, 0.15) is 18.0 Å². The van der Waals surface area contributed by atoms with Crippen molar-refractivity contribution in [3.8, 4) is 0 Å². The number of anilines is 1. The summed E-state index contributed by atoms with van der Waals surface area (Å²) >= 11 is 1.01. The Kier molecular flexibility index (Phi) is 4.25. The number of benzene rings is 1. The minimum absolute atomic E-state index is 0.139. The van der Waals surface area contributed by atoms with E-state index in [9.17, 15) is 19.7 Å². The minimum Gasteiger partial charge on any atom is -0.394 e. The Bertz CT molecular complexity index is 1780. The van der Waals surface area contributed by atoms with E-state index in [2.05, 4.69) is 25.6 Å². The van der Waals surface area contributed by atoms with Gasteiger partial charge in [0.05, 0.1) is 36.3 Å². The normalized spacial score (nSPS) is 45.4. The number of ether oxygens (including phenoxy) is 1. The van der Waals surface area contributed by atoms with E-state index in [1.54, 1.807) is 0 Å². The van der Waals surface area contributed by atoms with Crippen LogP contribution >= 0.6 is 11.8 Å². The van der Waals surface area contributed by atoms with Gasteiger partial charge in [-0.05, 0) is 36.9 Å². The molecule has 2 aliphatic carbocycles. The summed E-state index contributed by atoms with van der Waals surface area (Å²) in [4.78, 5) is 8.51. The fourth-order valence-corrected chi connectivity index (χ4v) is 4.00. The van der Waals surface area contributed by atoms with Crippen LogP contribution < -0.4 is 5.32 Å². The Morgan fingerprint density at radius 2 is 2.17 bits per heavy atom. The third-order valence-electron chi connectivity index (χ3n) is 5.17. The summed E-state index contributed by atoms with van der Waals surface area (Å²) < 4.78 is 123. The van der Waals surface area contributed by atoms with Crippen LogP contribution in [0.15, 0.2) is 23.3 Å². The highest BCUT2D eigenvalue weighted by Crippen LogP contribution is 2.44. The van der Waals surface area contributed by atoms with Gasteiger partial charge in [0, 0.05) is 29.5 Å². The Labute approximate surface area is 229 Å². The van der Waals surface area contributed by atoms with Crippen molar-refractivity contribution in [2.24, 2.45) is 0 Å². The second-order valence-electron chi connectivity index (χ2n) is 7.79. The van der Waals surface area contributed by atoms with Gasteiger partial charge >= 0.3 is 0 Å². The Morgan fingerprint density at radius 3 is 2.94 bits per heavy atom. The van der Waals surface area contributed by atoms with Gasteiger partial charge in [-0.25, -0.2) is 19.0 Å². The number of nitrogens with zero attached hydrogens (tertiary/aromatic N) is 5. The second-order valence-corrected chi connectivity index (χ2v) is 8.85. The van der Waals surface area contributed by atoms with E-state index in [1.165, 1.54) is 6.92 Å². The molecule has 12 heteroatoms. The van der Waals surface area contributed by atoms with Gasteiger partial charge in [-0.2, -0.15) is 0 Å². The minimum atomic E-state index is -3.94.